The van der Waals surface area contributed by atoms with Crippen LogP contribution in [0.5, 0.6) is 0 Å². The fraction of sp³-hybridized carbons (Fsp3) is 0.500. The Morgan fingerprint density at radius 1 is 1.35 bits per heavy atom. The summed E-state index contributed by atoms with van der Waals surface area (Å²) in [5.74, 6) is 0.504. The summed E-state index contributed by atoms with van der Waals surface area (Å²) < 4.78 is 26.0. The highest BCUT2D eigenvalue weighted by atomic mass is 35.5. The number of benzene rings is 1. The zero-order valence-electron chi connectivity index (χ0n) is 10.3. The molecule has 1 N–H and O–H groups in total. The van der Waals surface area contributed by atoms with Gasteiger partial charge < -0.3 is 0 Å². The third kappa shape index (κ3) is 4.96. The molecular weight excluding hydrogens is 258 g/mol. The van der Waals surface area contributed by atoms with Gasteiger partial charge in [-0.15, -0.1) is 0 Å². The lowest BCUT2D eigenvalue weighted by Gasteiger charge is -2.10. The van der Waals surface area contributed by atoms with Crippen molar-refractivity contribution in [3.05, 3.63) is 28.8 Å². The molecule has 0 fully saturated rings. The Labute approximate surface area is 108 Å². The Hall–Kier alpha value is -0.740. The monoisotopic (exact) mass is 275 g/mol. The summed E-state index contributed by atoms with van der Waals surface area (Å²) in [5, 5.41) is 0.564. The third-order valence-corrected chi connectivity index (χ3v) is 4.14. The van der Waals surface area contributed by atoms with Gasteiger partial charge in [0.1, 0.15) is 0 Å². The maximum Gasteiger partial charge on any atom is 0.232 e. The number of hydrogen-bond acceptors (Lipinski definition) is 2. The van der Waals surface area contributed by atoms with E-state index in [1.165, 1.54) is 0 Å². The molecule has 0 bridgehead atoms. The molecule has 0 atom stereocenters. The average molecular weight is 276 g/mol. The van der Waals surface area contributed by atoms with Crippen molar-refractivity contribution in [3.8, 4) is 0 Å². The second kappa shape index (κ2) is 5.74. The summed E-state index contributed by atoms with van der Waals surface area (Å²) in [6.07, 6.45) is 0.648. The fourth-order valence-corrected chi connectivity index (χ4v) is 2.83. The molecule has 5 heteroatoms. The number of anilines is 1. The van der Waals surface area contributed by atoms with Crippen LogP contribution in [0.4, 0.5) is 5.69 Å². The minimum atomic E-state index is -3.27. The molecule has 1 aromatic rings. The molecule has 0 spiro atoms. The van der Waals surface area contributed by atoms with E-state index in [0.29, 0.717) is 23.0 Å². The molecule has 0 unspecified atom stereocenters. The molecular formula is C12H18ClNO2S. The van der Waals surface area contributed by atoms with E-state index in [0.717, 1.165) is 5.56 Å². The molecule has 3 nitrogen and oxygen atoms in total. The van der Waals surface area contributed by atoms with Crippen molar-refractivity contribution in [3.63, 3.8) is 0 Å². The second-order valence-corrected chi connectivity index (χ2v) is 6.82. The van der Waals surface area contributed by atoms with Gasteiger partial charge in [-0.3, -0.25) is 4.72 Å². The van der Waals surface area contributed by atoms with Crippen molar-refractivity contribution in [1.29, 1.82) is 0 Å². The van der Waals surface area contributed by atoms with Crippen molar-refractivity contribution >= 4 is 27.3 Å². The van der Waals surface area contributed by atoms with E-state index in [4.69, 9.17) is 11.6 Å². The first-order chi connectivity index (χ1) is 7.80. The van der Waals surface area contributed by atoms with Crippen molar-refractivity contribution in [2.75, 3.05) is 10.5 Å². The van der Waals surface area contributed by atoms with Crippen LogP contribution in [0.15, 0.2) is 18.2 Å². The van der Waals surface area contributed by atoms with Crippen LogP contribution in [0.1, 0.15) is 25.8 Å². The van der Waals surface area contributed by atoms with E-state index in [-0.39, 0.29) is 5.75 Å². The van der Waals surface area contributed by atoms with E-state index >= 15 is 0 Å². The maximum atomic E-state index is 11.7. The summed E-state index contributed by atoms with van der Waals surface area (Å²) in [6, 6.07) is 5.14. The minimum absolute atomic E-state index is 0.135. The van der Waals surface area contributed by atoms with E-state index in [1.54, 1.807) is 18.2 Å². The summed E-state index contributed by atoms with van der Waals surface area (Å²) >= 11 is 5.94. The minimum Gasteiger partial charge on any atom is -0.284 e. The largest absolute Gasteiger partial charge is 0.284 e. The van der Waals surface area contributed by atoms with Gasteiger partial charge in [-0.2, -0.15) is 0 Å². The number of nitrogens with one attached hydrogen (secondary N) is 1. The number of halogens is 1. The fourth-order valence-electron chi connectivity index (χ4n) is 1.28. The molecule has 0 saturated heterocycles. The molecule has 0 aliphatic rings. The highest BCUT2D eigenvalue weighted by molar-refractivity contribution is 7.92. The molecule has 0 aliphatic heterocycles. The summed E-state index contributed by atoms with van der Waals surface area (Å²) in [6.45, 7) is 5.87. The van der Waals surface area contributed by atoms with Gasteiger partial charge in [-0.25, -0.2) is 8.42 Å². The van der Waals surface area contributed by atoms with Gasteiger partial charge in [0.25, 0.3) is 0 Å². The van der Waals surface area contributed by atoms with E-state index in [1.807, 2.05) is 20.8 Å². The first-order valence-electron chi connectivity index (χ1n) is 5.57. The lowest BCUT2D eigenvalue weighted by atomic mass is 10.2. The van der Waals surface area contributed by atoms with Gasteiger partial charge in [0.05, 0.1) is 5.75 Å². The molecule has 17 heavy (non-hydrogen) atoms. The van der Waals surface area contributed by atoms with Gasteiger partial charge in [0.2, 0.25) is 10.0 Å². The molecule has 0 aromatic heterocycles. The number of aryl methyl sites for hydroxylation is 1. The summed E-state index contributed by atoms with van der Waals surface area (Å²) in [7, 11) is -3.27. The zero-order valence-corrected chi connectivity index (χ0v) is 11.9. The Morgan fingerprint density at radius 2 is 2.00 bits per heavy atom. The number of hydrogen-bond donors (Lipinski definition) is 1. The summed E-state index contributed by atoms with van der Waals surface area (Å²) in [5.41, 5.74) is 1.45. The molecule has 96 valence electrons. The van der Waals surface area contributed by atoms with Crippen LogP contribution in [-0.4, -0.2) is 14.2 Å². The average Bonchev–Trinajstić information content (AvgIpc) is 2.21. The molecule has 0 radical (unpaired) electrons. The Kier molecular flexibility index (Phi) is 4.83. The van der Waals surface area contributed by atoms with Crippen molar-refractivity contribution in [2.45, 2.75) is 27.2 Å². The lowest BCUT2D eigenvalue weighted by molar-refractivity contribution is 0.578. The molecule has 1 aromatic carbocycles. The van der Waals surface area contributed by atoms with Gasteiger partial charge >= 0.3 is 0 Å². The first-order valence-corrected chi connectivity index (χ1v) is 7.60. The van der Waals surface area contributed by atoms with Crippen LogP contribution in [0.25, 0.3) is 0 Å². The van der Waals surface area contributed by atoms with Crippen LogP contribution in [0.2, 0.25) is 5.02 Å². The van der Waals surface area contributed by atoms with E-state index < -0.39 is 10.0 Å². The second-order valence-electron chi connectivity index (χ2n) is 4.57. The van der Waals surface area contributed by atoms with Crippen LogP contribution in [0, 0.1) is 12.8 Å². The smallest absolute Gasteiger partial charge is 0.232 e. The zero-order chi connectivity index (χ0) is 13.1. The van der Waals surface area contributed by atoms with Crippen LogP contribution in [-0.2, 0) is 10.0 Å². The lowest BCUT2D eigenvalue weighted by Crippen LogP contribution is -2.17. The molecule has 0 amide bonds. The Bertz CT molecular complexity index is 483. The van der Waals surface area contributed by atoms with Crippen LogP contribution in [0.3, 0.4) is 0 Å². The number of sulfonamides is 1. The predicted octanol–water partition coefficient (Wildman–Crippen LogP) is 3.44. The van der Waals surface area contributed by atoms with Gasteiger partial charge in [0, 0.05) is 10.7 Å². The normalized spacial score (nSPS) is 11.8. The van der Waals surface area contributed by atoms with Gasteiger partial charge in [0.15, 0.2) is 0 Å². The quantitative estimate of drug-likeness (QED) is 0.895. The van der Waals surface area contributed by atoms with Crippen molar-refractivity contribution in [2.24, 2.45) is 5.92 Å². The van der Waals surface area contributed by atoms with Crippen LogP contribution >= 0.6 is 11.6 Å². The summed E-state index contributed by atoms with van der Waals surface area (Å²) in [4.78, 5) is 0. The Balaban J connectivity index is 2.73. The van der Waals surface area contributed by atoms with Crippen molar-refractivity contribution < 1.29 is 8.42 Å². The topological polar surface area (TPSA) is 46.2 Å². The highest BCUT2D eigenvalue weighted by Crippen LogP contribution is 2.21. The van der Waals surface area contributed by atoms with Crippen molar-refractivity contribution in [1.82, 2.24) is 0 Å². The SMILES string of the molecule is Cc1ccc(NS(=O)(=O)CCC(C)C)cc1Cl. The van der Waals surface area contributed by atoms with Gasteiger partial charge in [-0.1, -0.05) is 31.5 Å². The molecule has 0 saturated carbocycles. The maximum absolute atomic E-state index is 11.7. The molecule has 0 heterocycles. The molecule has 1 rings (SSSR count). The van der Waals surface area contributed by atoms with Crippen LogP contribution < -0.4 is 4.72 Å². The third-order valence-electron chi connectivity index (χ3n) is 2.41. The van der Waals surface area contributed by atoms with Gasteiger partial charge in [-0.05, 0) is 37.0 Å². The standard InChI is InChI=1S/C12H18ClNO2S/c1-9(2)6-7-17(15,16)14-11-5-4-10(3)12(13)8-11/h4-5,8-9,14H,6-7H2,1-3H3. The van der Waals surface area contributed by atoms with E-state index in [9.17, 15) is 8.42 Å². The predicted molar refractivity (Wildman–Crippen MR) is 73.1 cm³/mol. The number of rotatable bonds is 5. The molecule has 0 aliphatic carbocycles. The highest BCUT2D eigenvalue weighted by Gasteiger charge is 2.11. The first kappa shape index (κ1) is 14.3. The van der Waals surface area contributed by atoms with E-state index in [2.05, 4.69) is 4.72 Å². The Morgan fingerprint density at radius 3 is 2.53 bits per heavy atom.